The van der Waals surface area contributed by atoms with E-state index < -0.39 is 29.7 Å². The first-order valence-corrected chi connectivity index (χ1v) is 4.95. The van der Waals surface area contributed by atoms with Gasteiger partial charge in [-0.15, -0.1) is 24.8 Å². The minimum absolute atomic E-state index is 0.133. The molecule has 0 radical (unpaired) electrons. The Morgan fingerprint density at radius 2 is 2.17 bits per heavy atom. The van der Waals surface area contributed by atoms with Crippen LogP contribution < -0.4 is 4.74 Å². The molecule has 0 saturated carbocycles. The normalized spacial score (nSPS) is 11.2. The van der Waals surface area contributed by atoms with Crippen molar-refractivity contribution in [3.63, 3.8) is 0 Å². The summed E-state index contributed by atoms with van der Waals surface area (Å²) in [4.78, 5) is 14.4. The lowest BCUT2D eigenvalue weighted by Gasteiger charge is -2.11. The maximum atomic E-state index is 12.0. The van der Waals surface area contributed by atoms with Crippen LogP contribution in [-0.2, 0) is 10.6 Å². The van der Waals surface area contributed by atoms with E-state index >= 15 is 0 Å². The zero-order chi connectivity index (χ0) is 13.9. The predicted octanol–water partition coefficient (Wildman–Crippen LogP) is 2.21. The number of methoxy groups -OCH3 is 1. The van der Waals surface area contributed by atoms with Gasteiger partial charge >= 0.3 is 12.3 Å². The molecule has 1 N–H and O–H groups in total. The summed E-state index contributed by atoms with van der Waals surface area (Å²) in [5.74, 6) is -2.98. The quantitative estimate of drug-likeness (QED) is 0.681. The maximum absolute atomic E-state index is 12.0. The van der Waals surface area contributed by atoms with E-state index in [1.165, 1.54) is 0 Å². The molecular formula is C9H7ClF3NO4. The van der Waals surface area contributed by atoms with Crippen LogP contribution in [0.15, 0.2) is 6.07 Å². The average molecular weight is 286 g/mol. The number of carbonyl (C=O) groups excluding carboxylic acids is 1. The molecule has 9 heteroatoms. The van der Waals surface area contributed by atoms with Crippen molar-refractivity contribution in [3.8, 4) is 11.6 Å². The summed E-state index contributed by atoms with van der Waals surface area (Å²) in [7, 11) is 0.987. The molecule has 0 bridgehead atoms. The molecule has 0 spiro atoms. The molecule has 0 aliphatic carbocycles. The van der Waals surface area contributed by atoms with Crippen molar-refractivity contribution in [2.24, 2.45) is 0 Å². The molecule has 0 aromatic carbocycles. The number of rotatable bonds is 3. The monoisotopic (exact) mass is 285 g/mol. The third kappa shape index (κ3) is 3.39. The lowest BCUT2D eigenvalue weighted by atomic mass is 10.2. The van der Waals surface area contributed by atoms with Crippen LogP contribution >= 0.6 is 11.6 Å². The molecule has 1 rings (SSSR count). The molecule has 0 aliphatic rings. The van der Waals surface area contributed by atoms with Gasteiger partial charge in [0.2, 0.25) is 5.88 Å². The van der Waals surface area contributed by atoms with Gasteiger partial charge in [0, 0.05) is 11.6 Å². The number of pyridine rings is 1. The van der Waals surface area contributed by atoms with Crippen molar-refractivity contribution in [1.29, 1.82) is 0 Å². The molecule has 1 aromatic heterocycles. The lowest BCUT2D eigenvalue weighted by molar-refractivity contribution is -0.276. The number of halogens is 4. The number of nitrogens with zero attached hydrogens (tertiary/aromatic N) is 1. The highest BCUT2D eigenvalue weighted by atomic mass is 35.5. The Hall–Kier alpha value is -1.70. The minimum Gasteiger partial charge on any atom is -0.505 e. The van der Waals surface area contributed by atoms with Gasteiger partial charge in [0.1, 0.15) is 0 Å². The third-order valence-electron chi connectivity index (χ3n) is 1.79. The molecule has 0 saturated heterocycles. The summed E-state index contributed by atoms with van der Waals surface area (Å²) < 4.78 is 43.9. The molecule has 1 heterocycles. The second-order valence-corrected chi connectivity index (χ2v) is 3.26. The number of aromatic hydroxyl groups is 1. The Bertz CT molecular complexity index is 464. The summed E-state index contributed by atoms with van der Waals surface area (Å²) in [6.45, 7) is 0. The van der Waals surface area contributed by atoms with Crippen molar-refractivity contribution in [2.45, 2.75) is 12.2 Å². The van der Waals surface area contributed by atoms with Gasteiger partial charge in [-0.3, -0.25) is 0 Å². The number of alkyl halides is 4. The van der Waals surface area contributed by atoms with Crippen molar-refractivity contribution < 1.29 is 32.5 Å². The van der Waals surface area contributed by atoms with Crippen LogP contribution in [0.1, 0.15) is 16.1 Å². The van der Waals surface area contributed by atoms with Gasteiger partial charge in [-0.25, -0.2) is 9.78 Å². The molecule has 0 atom stereocenters. The van der Waals surface area contributed by atoms with Gasteiger partial charge in [0.25, 0.3) is 0 Å². The highest BCUT2D eigenvalue weighted by Crippen LogP contribution is 2.29. The van der Waals surface area contributed by atoms with E-state index in [9.17, 15) is 23.1 Å². The van der Waals surface area contributed by atoms with Crippen molar-refractivity contribution >= 4 is 17.6 Å². The lowest BCUT2D eigenvalue weighted by Crippen LogP contribution is -2.19. The Labute approximate surface area is 104 Å². The van der Waals surface area contributed by atoms with E-state index in [-0.39, 0.29) is 11.4 Å². The van der Waals surface area contributed by atoms with Gasteiger partial charge in [-0.05, 0) is 0 Å². The second-order valence-electron chi connectivity index (χ2n) is 2.99. The number of ether oxygens (including phenoxy) is 2. The number of esters is 1. The maximum Gasteiger partial charge on any atom is 0.574 e. The summed E-state index contributed by atoms with van der Waals surface area (Å²) in [5.41, 5.74) is -0.832. The predicted molar refractivity (Wildman–Crippen MR) is 53.5 cm³/mol. The van der Waals surface area contributed by atoms with Crippen LogP contribution in [0.2, 0.25) is 0 Å². The van der Waals surface area contributed by atoms with E-state index in [4.69, 9.17) is 11.6 Å². The SMILES string of the molecule is COC(=O)c1nc(OC(F)(F)F)cc(CCl)c1O. The minimum atomic E-state index is -4.97. The molecule has 0 aliphatic heterocycles. The third-order valence-corrected chi connectivity index (χ3v) is 2.08. The Morgan fingerprint density at radius 1 is 1.56 bits per heavy atom. The van der Waals surface area contributed by atoms with Crippen LogP contribution in [0.25, 0.3) is 0 Å². The molecule has 0 unspecified atom stereocenters. The second kappa shape index (κ2) is 5.30. The van der Waals surface area contributed by atoms with Crippen molar-refractivity contribution in [1.82, 2.24) is 4.98 Å². The topological polar surface area (TPSA) is 68.7 Å². The Balaban J connectivity index is 3.26. The van der Waals surface area contributed by atoms with Crippen molar-refractivity contribution in [2.75, 3.05) is 7.11 Å². The summed E-state index contributed by atoms with van der Waals surface area (Å²) >= 11 is 5.42. The first-order valence-electron chi connectivity index (χ1n) is 4.41. The van der Waals surface area contributed by atoms with Gasteiger partial charge in [-0.1, -0.05) is 0 Å². The highest BCUT2D eigenvalue weighted by Gasteiger charge is 2.33. The molecule has 1 aromatic rings. The number of hydrogen-bond donors (Lipinski definition) is 1. The fraction of sp³-hybridized carbons (Fsp3) is 0.333. The standard InChI is InChI=1S/C9H7ClF3NO4/c1-17-8(16)6-7(15)4(3-10)2-5(14-6)18-9(11,12)13/h2,15H,3H2,1H3. The summed E-state index contributed by atoms with van der Waals surface area (Å²) in [6, 6.07) is 0.780. The van der Waals surface area contributed by atoms with Crippen LogP contribution in [-0.4, -0.2) is 29.5 Å². The summed E-state index contributed by atoms with van der Waals surface area (Å²) in [6.07, 6.45) is -4.97. The van der Waals surface area contributed by atoms with Gasteiger partial charge in [0.05, 0.1) is 13.0 Å². The van der Waals surface area contributed by atoms with E-state index in [2.05, 4.69) is 14.5 Å². The van der Waals surface area contributed by atoms with Crippen molar-refractivity contribution in [3.05, 3.63) is 17.3 Å². The van der Waals surface area contributed by atoms with E-state index in [1.54, 1.807) is 0 Å². The number of carbonyl (C=O) groups is 1. The molecule has 0 amide bonds. The summed E-state index contributed by atoms with van der Waals surface area (Å²) in [5, 5.41) is 9.53. The Morgan fingerprint density at radius 3 is 2.61 bits per heavy atom. The Kier molecular flexibility index (Phi) is 4.23. The smallest absolute Gasteiger partial charge is 0.505 e. The van der Waals surface area contributed by atoms with Gasteiger partial charge < -0.3 is 14.6 Å². The zero-order valence-electron chi connectivity index (χ0n) is 8.92. The van der Waals surface area contributed by atoms with Gasteiger partial charge in [0.15, 0.2) is 11.4 Å². The van der Waals surface area contributed by atoms with E-state index in [0.717, 1.165) is 13.2 Å². The fourth-order valence-electron chi connectivity index (χ4n) is 1.08. The largest absolute Gasteiger partial charge is 0.574 e. The average Bonchev–Trinajstić information content (AvgIpc) is 2.28. The van der Waals surface area contributed by atoms with Crippen LogP contribution in [0.5, 0.6) is 11.6 Å². The fourth-order valence-corrected chi connectivity index (χ4v) is 1.28. The number of hydrogen-bond acceptors (Lipinski definition) is 5. The first-order chi connectivity index (χ1) is 8.28. The van der Waals surface area contributed by atoms with Crippen LogP contribution in [0.4, 0.5) is 13.2 Å². The first kappa shape index (κ1) is 14.4. The highest BCUT2D eigenvalue weighted by molar-refractivity contribution is 6.17. The molecular weight excluding hydrogens is 279 g/mol. The molecule has 5 nitrogen and oxygen atoms in total. The number of aromatic nitrogens is 1. The van der Waals surface area contributed by atoms with E-state index in [1.807, 2.05) is 0 Å². The molecule has 18 heavy (non-hydrogen) atoms. The van der Waals surface area contributed by atoms with Crippen LogP contribution in [0, 0.1) is 0 Å². The zero-order valence-corrected chi connectivity index (χ0v) is 9.67. The molecule has 0 fully saturated rings. The van der Waals surface area contributed by atoms with Gasteiger partial charge in [-0.2, -0.15) is 0 Å². The van der Waals surface area contributed by atoms with Crippen LogP contribution in [0.3, 0.4) is 0 Å². The van der Waals surface area contributed by atoms with E-state index in [0.29, 0.717) is 0 Å². The molecule has 100 valence electrons.